The Balaban J connectivity index is 1.78. The molecule has 0 saturated carbocycles. The molecule has 3 aromatic rings. The van der Waals surface area contributed by atoms with Crippen LogP contribution in [0.25, 0.3) is 17.2 Å². The number of hydrogen-bond acceptors (Lipinski definition) is 4. The largest absolute Gasteiger partial charge is 0.490 e. The highest BCUT2D eigenvalue weighted by Crippen LogP contribution is 2.32. The number of pyridine rings is 2. The average molecular weight is 394 g/mol. The van der Waals surface area contributed by atoms with Crippen molar-refractivity contribution in [3.63, 3.8) is 0 Å². The number of hydrogen-bond donors (Lipinski definition) is 0. The van der Waals surface area contributed by atoms with Gasteiger partial charge in [-0.15, -0.1) is 0 Å². The molecule has 0 saturated heterocycles. The third-order valence-electron chi connectivity index (χ3n) is 4.67. The number of nitrogens with zero attached hydrogens (tertiary/aromatic N) is 3. The van der Waals surface area contributed by atoms with Crippen molar-refractivity contribution in [1.29, 1.82) is 0 Å². The minimum atomic E-state index is 0.239. The number of halogens is 1. The molecule has 0 fully saturated rings. The van der Waals surface area contributed by atoms with E-state index in [9.17, 15) is 0 Å². The van der Waals surface area contributed by atoms with Crippen LogP contribution in [0.15, 0.2) is 67.6 Å². The Labute approximate surface area is 171 Å². The normalized spacial score (nSPS) is 12.0. The molecule has 1 atom stereocenters. The van der Waals surface area contributed by atoms with Crippen molar-refractivity contribution in [1.82, 2.24) is 14.9 Å². The Kier molecular flexibility index (Phi) is 6.80. The molecule has 4 nitrogen and oxygen atoms in total. The molecule has 2 aromatic heterocycles. The highest BCUT2D eigenvalue weighted by atomic mass is 35.5. The van der Waals surface area contributed by atoms with Crippen LogP contribution in [0.5, 0.6) is 5.75 Å². The highest BCUT2D eigenvalue weighted by Gasteiger charge is 2.15. The molecule has 0 bridgehead atoms. The Morgan fingerprint density at radius 3 is 2.64 bits per heavy atom. The summed E-state index contributed by atoms with van der Waals surface area (Å²) in [6.45, 7) is 4.41. The number of rotatable bonds is 8. The molecule has 144 valence electrons. The molecule has 0 aliphatic rings. The molecule has 0 unspecified atom stereocenters. The van der Waals surface area contributed by atoms with E-state index in [0.29, 0.717) is 17.5 Å². The van der Waals surface area contributed by atoms with E-state index in [4.69, 9.17) is 16.3 Å². The Bertz CT molecular complexity index is 928. The minimum absolute atomic E-state index is 0.239. The Morgan fingerprint density at radius 2 is 1.93 bits per heavy atom. The molecule has 2 heterocycles. The van der Waals surface area contributed by atoms with Crippen LogP contribution in [0.4, 0.5) is 0 Å². The second-order valence-electron chi connectivity index (χ2n) is 6.79. The summed E-state index contributed by atoms with van der Waals surface area (Å²) in [5.74, 6) is 0.679. The van der Waals surface area contributed by atoms with Crippen LogP contribution in [0, 0.1) is 0 Å². The van der Waals surface area contributed by atoms with Gasteiger partial charge in [-0.3, -0.25) is 4.98 Å². The maximum Gasteiger partial charge on any atom is 0.138 e. The molecule has 3 rings (SSSR count). The first-order valence-corrected chi connectivity index (χ1v) is 9.51. The van der Waals surface area contributed by atoms with Gasteiger partial charge in [-0.2, -0.15) is 0 Å². The lowest BCUT2D eigenvalue weighted by molar-refractivity contribution is 0.184. The molecule has 28 heavy (non-hydrogen) atoms. The molecule has 5 heteroatoms. The second-order valence-corrected chi connectivity index (χ2v) is 7.15. The van der Waals surface area contributed by atoms with Gasteiger partial charge in [0.25, 0.3) is 0 Å². The molecule has 0 aliphatic carbocycles. The van der Waals surface area contributed by atoms with Crippen LogP contribution in [0.1, 0.15) is 11.1 Å². The van der Waals surface area contributed by atoms with Crippen LogP contribution >= 0.6 is 11.6 Å². The van der Waals surface area contributed by atoms with Gasteiger partial charge in [0.15, 0.2) is 0 Å². The van der Waals surface area contributed by atoms with E-state index in [1.54, 1.807) is 24.7 Å². The van der Waals surface area contributed by atoms with Gasteiger partial charge in [0, 0.05) is 29.6 Å². The van der Waals surface area contributed by atoms with Gasteiger partial charge in [0.05, 0.1) is 6.20 Å². The SMILES string of the molecule is C=Cc1ccncc1-c1cc(OC[C@@H](Cc2ccccc2)N(C)C)cnc1Cl. The van der Waals surface area contributed by atoms with Gasteiger partial charge < -0.3 is 9.64 Å². The van der Waals surface area contributed by atoms with E-state index in [1.165, 1.54) is 5.56 Å². The number of aromatic nitrogens is 2. The summed E-state index contributed by atoms with van der Waals surface area (Å²) in [5, 5.41) is 0.414. The summed E-state index contributed by atoms with van der Waals surface area (Å²) in [6, 6.07) is 14.5. The quantitative estimate of drug-likeness (QED) is 0.505. The highest BCUT2D eigenvalue weighted by molar-refractivity contribution is 6.32. The maximum absolute atomic E-state index is 6.34. The Hall–Kier alpha value is -2.69. The molecular formula is C23H24ClN3O. The summed E-state index contributed by atoms with van der Waals surface area (Å²) in [7, 11) is 4.13. The van der Waals surface area contributed by atoms with Crippen molar-refractivity contribution in [3.8, 4) is 16.9 Å². The number of likely N-dealkylation sites (N-methyl/N-ethyl adjacent to an activating group) is 1. The fourth-order valence-electron chi connectivity index (χ4n) is 2.97. The van der Waals surface area contributed by atoms with Crippen LogP contribution in [-0.2, 0) is 6.42 Å². The van der Waals surface area contributed by atoms with Gasteiger partial charge in [-0.05, 0) is 43.8 Å². The average Bonchev–Trinajstić information content (AvgIpc) is 2.72. The standard InChI is InChI=1S/C23H24ClN3O/c1-4-18-10-11-25-15-22(18)21-13-20(14-26-23(21)24)28-16-19(27(2)3)12-17-8-6-5-7-9-17/h4-11,13-15,19H,1,12,16H2,2-3H3/t19-/m1/s1. The Morgan fingerprint density at radius 1 is 1.14 bits per heavy atom. The van der Waals surface area contributed by atoms with Crippen LogP contribution in [0.3, 0.4) is 0 Å². The summed E-state index contributed by atoms with van der Waals surface area (Å²) in [5.41, 5.74) is 3.90. The zero-order chi connectivity index (χ0) is 19.9. The second kappa shape index (κ2) is 9.49. The van der Waals surface area contributed by atoms with E-state index < -0.39 is 0 Å². The van der Waals surface area contributed by atoms with E-state index in [0.717, 1.165) is 23.1 Å². The van der Waals surface area contributed by atoms with Crippen LogP contribution in [-0.4, -0.2) is 41.6 Å². The predicted octanol–water partition coefficient (Wildman–Crippen LogP) is 4.99. The van der Waals surface area contributed by atoms with Crippen LogP contribution < -0.4 is 4.74 Å². The topological polar surface area (TPSA) is 38.2 Å². The lowest BCUT2D eigenvalue weighted by atomic mass is 10.0. The molecule has 1 aromatic carbocycles. The number of ether oxygens (including phenoxy) is 1. The summed E-state index contributed by atoms with van der Waals surface area (Å²) < 4.78 is 6.08. The van der Waals surface area contributed by atoms with Crippen molar-refractivity contribution in [2.75, 3.05) is 20.7 Å². The first-order valence-electron chi connectivity index (χ1n) is 9.14. The van der Waals surface area contributed by atoms with Gasteiger partial charge in [-0.25, -0.2) is 4.98 Å². The van der Waals surface area contributed by atoms with E-state index in [1.807, 2.05) is 18.2 Å². The maximum atomic E-state index is 6.34. The predicted molar refractivity (Wildman–Crippen MR) is 116 cm³/mol. The van der Waals surface area contributed by atoms with Crippen molar-refractivity contribution >= 4 is 17.7 Å². The molecule has 0 N–H and O–H groups in total. The van der Waals surface area contributed by atoms with E-state index >= 15 is 0 Å². The van der Waals surface area contributed by atoms with Crippen molar-refractivity contribution < 1.29 is 4.74 Å². The zero-order valence-corrected chi connectivity index (χ0v) is 16.9. The molecule has 0 amide bonds. The zero-order valence-electron chi connectivity index (χ0n) is 16.2. The lowest BCUT2D eigenvalue weighted by Gasteiger charge is -2.24. The smallest absolute Gasteiger partial charge is 0.138 e. The lowest BCUT2D eigenvalue weighted by Crippen LogP contribution is -2.35. The first-order chi connectivity index (χ1) is 13.6. The molecule has 0 aliphatic heterocycles. The van der Waals surface area contributed by atoms with Crippen LogP contribution in [0.2, 0.25) is 5.15 Å². The summed E-state index contributed by atoms with van der Waals surface area (Å²) >= 11 is 6.34. The van der Waals surface area contributed by atoms with Crippen molar-refractivity contribution in [2.24, 2.45) is 0 Å². The fourth-order valence-corrected chi connectivity index (χ4v) is 3.18. The summed E-state index contributed by atoms with van der Waals surface area (Å²) in [6.07, 6.45) is 7.84. The van der Waals surface area contributed by atoms with Gasteiger partial charge in [-0.1, -0.05) is 54.6 Å². The minimum Gasteiger partial charge on any atom is -0.490 e. The van der Waals surface area contributed by atoms with Crippen molar-refractivity contribution in [2.45, 2.75) is 12.5 Å². The van der Waals surface area contributed by atoms with Crippen molar-refractivity contribution in [3.05, 3.63) is 83.9 Å². The van der Waals surface area contributed by atoms with Gasteiger partial charge in [0.1, 0.15) is 17.5 Å². The van der Waals surface area contributed by atoms with E-state index in [2.05, 4.69) is 59.8 Å². The first kappa shape index (κ1) is 20.1. The van der Waals surface area contributed by atoms with Gasteiger partial charge in [0.2, 0.25) is 0 Å². The molecule has 0 spiro atoms. The third kappa shape index (κ3) is 4.97. The van der Waals surface area contributed by atoms with E-state index in [-0.39, 0.29) is 6.04 Å². The van der Waals surface area contributed by atoms with Gasteiger partial charge >= 0.3 is 0 Å². The summed E-state index contributed by atoms with van der Waals surface area (Å²) in [4.78, 5) is 10.7. The molecular weight excluding hydrogens is 370 g/mol. The monoisotopic (exact) mass is 393 g/mol. The fraction of sp³-hybridized carbons (Fsp3) is 0.217. The molecule has 0 radical (unpaired) electrons. The third-order valence-corrected chi connectivity index (χ3v) is 4.97. The number of benzene rings is 1.